The maximum atomic E-state index is 6.09. The average Bonchev–Trinajstić information content (AvgIpc) is 2.31. The molecule has 6 heteroatoms. The van der Waals surface area contributed by atoms with Crippen molar-refractivity contribution in [3.63, 3.8) is 0 Å². The van der Waals surface area contributed by atoms with Crippen LogP contribution in [0, 0.1) is 0 Å². The highest BCUT2D eigenvalue weighted by Crippen LogP contribution is 2.22. The minimum atomic E-state index is 0.204. The third kappa shape index (κ3) is 3.47. The first-order valence-electron chi connectivity index (χ1n) is 5.79. The standard InChI is InChI=1S/C11H17ClN4S/c1-17-11-15-9(12)6-10(16-11)14-8-5-3-2-4-7(8)13/h6-8H,2-5,13H2,1H3,(H,14,15,16)/t7-,8+/m1/s1. The Morgan fingerprint density at radius 2 is 2.18 bits per heavy atom. The van der Waals surface area contributed by atoms with E-state index in [9.17, 15) is 0 Å². The summed E-state index contributed by atoms with van der Waals surface area (Å²) in [6.07, 6.45) is 6.55. The first-order chi connectivity index (χ1) is 8.19. The Balaban J connectivity index is 2.09. The molecule has 0 amide bonds. The summed E-state index contributed by atoms with van der Waals surface area (Å²) < 4.78 is 0. The first-order valence-corrected chi connectivity index (χ1v) is 7.40. The first kappa shape index (κ1) is 12.9. The van der Waals surface area contributed by atoms with Crippen LogP contribution in [-0.2, 0) is 0 Å². The van der Waals surface area contributed by atoms with E-state index in [0.717, 1.165) is 18.7 Å². The number of hydrogen-bond acceptors (Lipinski definition) is 5. The summed E-state index contributed by atoms with van der Waals surface area (Å²) in [5.74, 6) is 0.775. The highest BCUT2D eigenvalue weighted by Gasteiger charge is 2.22. The minimum absolute atomic E-state index is 0.204. The molecule has 1 heterocycles. The van der Waals surface area contributed by atoms with E-state index in [-0.39, 0.29) is 6.04 Å². The predicted molar refractivity (Wildman–Crippen MR) is 72.7 cm³/mol. The number of rotatable bonds is 3. The van der Waals surface area contributed by atoms with Gasteiger partial charge in [-0.25, -0.2) is 9.97 Å². The zero-order valence-corrected chi connectivity index (χ0v) is 11.4. The largest absolute Gasteiger partial charge is 0.366 e. The molecule has 0 aromatic carbocycles. The van der Waals surface area contributed by atoms with Crippen LogP contribution in [0.3, 0.4) is 0 Å². The Morgan fingerprint density at radius 1 is 1.41 bits per heavy atom. The van der Waals surface area contributed by atoms with E-state index in [1.54, 1.807) is 6.07 Å². The Kier molecular flexibility index (Phi) is 4.48. The molecule has 17 heavy (non-hydrogen) atoms. The van der Waals surface area contributed by atoms with Crippen molar-refractivity contribution in [1.29, 1.82) is 0 Å². The molecule has 0 radical (unpaired) electrons. The number of hydrogen-bond donors (Lipinski definition) is 2. The van der Waals surface area contributed by atoms with Crippen LogP contribution in [0.2, 0.25) is 5.15 Å². The van der Waals surface area contributed by atoms with E-state index in [4.69, 9.17) is 17.3 Å². The van der Waals surface area contributed by atoms with E-state index in [2.05, 4.69) is 15.3 Å². The fourth-order valence-electron chi connectivity index (χ4n) is 2.09. The number of aromatic nitrogens is 2. The number of nitrogens with zero attached hydrogens (tertiary/aromatic N) is 2. The van der Waals surface area contributed by atoms with Gasteiger partial charge in [0, 0.05) is 18.2 Å². The lowest BCUT2D eigenvalue weighted by molar-refractivity contribution is 0.403. The van der Waals surface area contributed by atoms with Crippen LogP contribution in [0.25, 0.3) is 0 Å². The Hall–Kier alpha value is -0.520. The molecule has 0 aliphatic heterocycles. The van der Waals surface area contributed by atoms with Crippen LogP contribution in [0.15, 0.2) is 11.2 Å². The summed E-state index contributed by atoms with van der Waals surface area (Å²) >= 11 is 7.43. The van der Waals surface area contributed by atoms with Crippen molar-refractivity contribution >= 4 is 29.2 Å². The smallest absolute Gasteiger partial charge is 0.190 e. The van der Waals surface area contributed by atoms with Gasteiger partial charge in [0.1, 0.15) is 11.0 Å². The molecule has 1 saturated carbocycles. The molecule has 1 aromatic rings. The zero-order chi connectivity index (χ0) is 12.3. The van der Waals surface area contributed by atoms with Gasteiger partial charge in [0.25, 0.3) is 0 Å². The highest BCUT2D eigenvalue weighted by atomic mass is 35.5. The van der Waals surface area contributed by atoms with Crippen molar-refractivity contribution in [2.24, 2.45) is 5.73 Å². The molecule has 0 spiro atoms. The lowest BCUT2D eigenvalue weighted by Crippen LogP contribution is -2.42. The van der Waals surface area contributed by atoms with Crippen LogP contribution >= 0.6 is 23.4 Å². The minimum Gasteiger partial charge on any atom is -0.366 e. The van der Waals surface area contributed by atoms with Crippen molar-refractivity contribution in [2.45, 2.75) is 42.9 Å². The Bertz CT molecular complexity index is 388. The number of nitrogens with one attached hydrogen (secondary N) is 1. The summed E-state index contributed by atoms with van der Waals surface area (Å²) in [4.78, 5) is 8.49. The monoisotopic (exact) mass is 272 g/mol. The molecule has 2 atom stereocenters. The topological polar surface area (TPSA) is 63.8 Å². The maximum absolute atomic E-state index is 6.09. The van der Waals surface area contributed by atoms with Gasteiger partial charge in [-0.15, -0.1) is 0 Å². The summed E-state index contributed by atoms with van der Waals surface area (Å²) in [6, 6.07) is 2.25. The van der Waals surface area contributed by atoms with Gasteiger partial charge in [-0.1, -0.05) is 36.2 Å². The normalized spacial score (nSPS) is 24.6. The molecule has 0 bridgehead atoms. The van der Waals surface area contributed by atoms with E-state index in [1.807, 2.05) is 6.26 Å². The Labute approximate surface area is 111 Å². The van der Waals surface area contributed by atoms with Crippen molar-refractivity contribution in [3.05, 3.63) is 11.2 Å². The van der Waals surface area contributed by atoms with Crippen LogP contribution in [0.4, 0.5) is 5.82 Å². The maximum Gasteiger partial charge on any atom is 0.190 e. The summed E-state index contributed by atoms with van der Waals surface area (Å²) in [5, 5.41) is 4.53. The zero-order valence-electron chi connectivity index (χ0n) is 9.82. The summed E-state index contributed by atoms with van der Waals surface area (Å²) in [5.41, 5.74) is 6.09. The molecular formula is C11H17ClN4S. The lowest BCUT2D eigenvalue weighted by atomic mass is 9.91. The predicted octanol–water partition coefficient (Wildman–Crippen LogP) is 2.53. The molecule has 1 fully saturated rings. The molecule has 1 aliphatic rings. The Morgan fingerprint density at radius 3 is 2.88 bits per heavy atom. The van der Waals surface area contributed by atoms with E-state index >= 15 is 0 Å². The van der Waals surface area contributed by atoms with Crippen molar-refractivity contribution in [1.82, 2.24) is 9.97 Å². The second-order valence-corrected chi connectivity index (χ2v) is 5.42. The van der Waals surface area contributed by atoms with E-state index < -0.39 is 0 Å². The SMILES string of the molecule is CSc1nc(Cl)cc(N[C@H]2CCCC[C@H]2N)n1. The highest BCUT2D eigenvalue weighted by molar-refractivity contribution is 7.98. The fourth-order valence-corrected chi connectivity index (χ4v) is 2.70. The number of halogens is 1. The van der Waals surface area contributed by atoms with Crippen LogP contribution in [0.1, 0.15) is 25.7 Å². The van der Waals surface area contributed by atoms with Crippen LogP contribution in [-0.4, -0.2) is 28.3 Å². The van der Waals surface area contributed by atoms with E-state index in [0.29, 0.717) is 16.4 Å². The van der Waals surface area contributed by atoms with Gasteiger partial charge < -0.3 is 11.1 Å². The van der Waals surface area contributed by atoms with Crippen molar-refractivity contribution in [2.75, 3.05) is 11.6 Å². The third-order valence-corrected chi connectivity index (χ3v) is 3.75. The van der Waals surface area contributed by atoms with Crippen LogP contribution in [0.5, 0.6) is 0 Å². The summed E-state index contributed by atoms with van der Waals surface area (Å²) in [7, 11) is 0. The number of thioether (sulfide) groups is 1. The second-order valence-electron chi connectivity index (χ2n) is 4.26. The fraction of sp³-hybridized carbons (Fsp3) is 0.636. The molecular weight excluding hydrogens is 256 g/mol. The number of anilines is 1. The molecule has 2 rings (SSSR count). The van der Waals surface area contributed by atoms with E-state index in [1.165, 1.54) is 24.6 Å². The molecule has 3 N–H and O–H groups in total. The van der Waals surface area contributed by atoms with Gasteiger partial charge in [-0.05, 0) is 19.1 Å². The van der Waals surface area contributed by atoms with Gasteiger partial charge in [-0.2, -0.15) is 0 Å². The van der Waals surface area contributed by atoms with Crippen LogP contribution < -0.4 is 11.1 Å². The third-order valence-electron chi connectivity index (χ3n) is 3.01. The van der Waals surface area contributed by atoms with Gasteiger partial charge >= 0.3 is 0 Å². The average molecular weight is 273 g/mol. The molecule has 0 saturated heterocycles. The lowest BCUT2D eigenvalue weighted by Gasteiger charge is -2.29. The van der Waals surface area contributed by atoms with Crippen molar-refractivity contribution in [3.8, 4) is 0 Å². The van der Waals surface area contributed by atoms with Crippen molar-refractivity contribution < 1.29 is 0 Å². The molecule has 4 nitrogen and oxygen atoms in total. The molecule has 0 unspecified atom stereocenters. The van der Waals surface area contributed by atoms with Gasteiger partial charge in [0.05, 0.1) is 0 Å². The molecule has 1 aromatic heterocycles. The quantitative estimate of drug-likeness (QED) is 0.503. The van der Waals surface area contributed by atoms with Gasteiger partial charge in [0.2, 0.25) is 0 Å². The second kappa shape index (κ2) is 5.89. The molecule has 94 valence electrons. The number of nitrogens with two attached hydrogens (primary N) is 1. The van der Waals surface area contributed by atoms with Gasteiger partial charge in [0.15, 0.2) is 5.16 Å². The molecule has 1 aliphatic carbocycles. The van der Waals surface area contributed by atoms with Gasteiger partial charge in [-0.3, -0.25) is 0 Å². The summed E-state index contributed by atoms with van der Waals surface area (Å²) in [6.45, 7) is 0.